The third-order valence-electron chi connectivity index (χ3n) is 5.43. The minimum atomic E-state index is -0.993. The van der Waals surface area contributed by atoms with Gasteiger partial charge in [-0.05, 0) is 42.5 Å². The van der Waals surface area contributed by atoms with Crippen LogP contribution >= 0.6 is 0 Å². The maximum absolute atomic E-state index is 13.2. The smallest absolute Gasteiger partial charge is 0.301 e. The maximum atomic E-state index is 13.2. The van der Waals surface area contributed by atoms with E-state index in [4.69, 9.17) is 14.2 Å². The molecule has 33 heavy (non-hydrogen) atoms. The lowest BCUT2D eigenvalue weighted by molar-refractivity contribution is -0.132. The molecular weight excluding hydrogens is 424 g/mol. The Morgan fingerprint density at radius 3 is 2.27 bits per heavy atom. The fraction of sp³-hybridized carbons (Fsp3) is 0.160. The third-order valence-corrected chi connectivity index (χ3v) is 5.43. The van der Waals surface area contributed by atoms with Crippen LogP contribution in [0.25, 0.3) is 5.76 Å². The van der Waals surface area contributed by atoms with Crippen LogP contribution in [-0.2, 0) is 9.59 Å². The van der Waals surface area contributed by atoms with Gasteiger partial charge in [-0.15, -0.1) is 0 Å². The van der Waals surface area contributed by atoms with E-state index in [9.17, 15) is 14.7 Å². The molecule has 4 rings (SSSR count). The van der Waals surface area contributed by atoms with E-state index in [1.807, 2.05) is 0 Å². The van der Waals surface area contributed by atoms with Gasteiger partial charge in [0.15, 0.2) is 11.5 Å². The number of benzene rings is 2. The Morgan fingerprint density at radius 2 is 1.67 bits per heavy atom. The van der Waals surface area contributed by atoms with Gasteiger partial charge in [-0.3, -0.25) is 14.5 Å². The SMILES string of the molecule is COc1ccc(C(O)=C2C(=O)C(=O)N(c3ccccn3)C2c2cccc(OC)c2OC)cc1. The number of ether oxygens (including phenoxy) is 3. The van der Waals surface area contributed by atoms with Gasteiger partial charge in [-0.25, -0.2) is 4.98 Å². The highest BCUT2D eigenvalue weighted by Gasteiger charge is 2.48. The first-order chi connectivity index (χ1) is 16.0. The van der Waals surface area contributed by atoms with Gasteiger partial charge in [0.1, 0.15) is 23.4 Å². The predicted octanol–water partition coefficient (Wildman–Crippen LogP) is 3.73. The van der Waals surface area contributed by atoms with Gasteiger partial charge in [0.2, 0.25) is 0 Å². The Kier molecular flexibility index (Phi) is 5.99. The number of Topliss-reactive ketones (excluding diaryl/α,β-unsaturated/α-hetero) is 1. The van der Waals surface area contributed by atoms with Crippen molar-refractivity contribution in [3.05, 3.63) is 83.6 Å². The van der Waals surface area contributed by atoms with Crippen LogP contribution in [0.3, 0.4) is 0 Å². The highest BCUT2D eigenvalue weighted by Crippen LogP contribution is 2.46. The number of aromatic nitrogens is 1. The first-order valence-electron chi connectivity index (χ1n) is 10.1. The largest absolute Gasteiger partial charge is 0.507 e. The van der Waals surface area contributed by atoms with Gasteiger partial charge in [-0.1, -0.05) is 18.2 Å². The number of carbonyl (C=O) groups is 2. The van der Waals surface area contributed by atoms with Crippen molar-refractivity contribution in [2.24, 2.45) is 0 Å². The minimum absolute atomic E-state index is 0.0811. The van der Waals surface area contributed by atoms with Crippen molar-refractivity contribution in [2.75, 3.05) is 26.2 Å². The van der Waals surface area contributed by atoms with Gasteiger partial charge < -0.3 is 19.3 Å². The minimum Gasteiger partial charge on any atom is -0.507 e. The number of hydrogen-bond donors (Lipinski definition) is 1. The number of para-hydroxylation sites is 1. The molecule has 3 aromatic rings. The monoisotopic (exact) mass is 446 g/mol. The molecule has 8 nitrogen and oxygen atoms in total. The lowest BCUT2D eigenvalue weighted by Gasteiger charge is -2.26. The van der Waals surface area contributed by atoms with Gasteiger partial charge in [0.05, 0.1) is 26.9 Å². The number of ketones is 1. The maximum Gasteiger partial charge on any atom is 0.301 e. The number of anilines is 1. The normalized spacial score (nSPS) is 17.2. The van der Waals surface area contributed by atoms with E-state index in [-0.39, 0.29) is 17.2 Å². The van der Waals surface area contributed by atoms with Crippen molar-refractivity contribution in [1.29, 1.82) is 0 Å². The molecule has 1 aromatic heterocycles. The standard InChI is InChI=1S/C25H22N2O6/c1-31-16-12-10-15(11-13-16)22(28)20-21(17-7-6-8-18(32-2)24(17)33-3)27(25(30)23(20)29)19-9-4-5-14-26-19/h4-14,21,28H,1-3H3. The molecule has 2 aromatic carbocycles. The molecule has 1 saturated heterocycles. The number of nitrogens with zero attached hydrogens (tertiary/aromatic N) is 2. The summed E-state index contributed by atoms with van der Waals surface area (Å²) in [5, 5.41) is 11.2. The molecule has 2 heterocycles. The van der Waals surface area contributed by atoms with Gasteiger partial charge in [0.25, 0.3) is 5.78 Å². The number of hydrogen-bond acceptors (Lipinski definition) is 7. The molecular formula is C25H22N2O6. The Morgan fingerprint density at radius 1 is 0.909 bits per heavy atom. The Bertz CT molecular complexity index is 1220. The molecule has 0 bridgehead atoms. The van der Waals surface area contributed by atoms with Crippen LogP contribution in [0.1, 0.15) is 17.2 Å². The molecule has 1 N–H and O–H groups in total. The van der Waals surface area contributed by atoms with Gasteiger partial charge >= 0.3 is 5.91 Å². The molecule has 0 spiro atoms. The van der Waals surface area contributed by atoms with Crippen LogP contribution in [0.2, 0.25) is 0 Å². The Balaban J connectivity index is 1.99. The summed E-state index contributed by atoms with van der Waals surface area (Å²) < 4.78 is 16.2. The van der Waals surface area contributed by atoms with Crippen molar-refractivity contribution in [2.45, 2.75) is 6.04 Å². The zero-order valence-corrected chi connectivity index (χ0v) is 18.3. The lowest BCUT2D eigenvalue weighted by Crippen LogP contribution is -2.30. The molecule has 1 atom stereocenters. The van der Waals surface area contributed by atoms with Crippen LogP contribution in [0.5, 0.6) is 17.2 Å². The van der Waals surface area contributed by atoms with E-state index in [0.29, 0.717) is 28.4 Å². The summed E-state index contributed by atoms with van der Waals surface area (Å²) in [6.07, 6.45) is 1.53. The number of amides is 1. The van der Waals surface area contributed by atoms with Crippen LogP contribution in [0, 0.1) is 0 Å². The van der Waals surface area contributed by atoms with Crippen LogP contribution in [0.4, 0.5) is 5.82 Å². The van der Waals surface area contributed by atoms with Crippen LogP contribution in [-0.4, -0.2) is 43.1 Å². The van der Waals surface area contributed by atoms with Gasteiger partial charge in [-0.2, -0.15) is 0 Å². The fourth-order valence-corrected chi connectivity index (χ4v) is 3.89. The number of rotatable bonds is 6. The van der Waals surface area contributed by atoms with Gasteiger partial charge in [0, 0.05) is 17.3 Å². The highest BCUT2D eigenvalue weighted by molar-refractivity contribution is 6.51. The highest BCUT2D eigenvalue weighted by atomic mass is 16.5. The molecule has 8 heteroatoms. The molecule has 168 valence electrons. The number of carbonyl (C=O) groups excluding carboxylic acids is 2. The van der Waals surface area contributed by atoms with Crippen LogP contribution < -0.4 is 19.1 Å². The number of aliphatic hydroxyl groups excluding tert-OH is 1. The molecule has 1 unspecified atom stereocenters. The first kappa shape index (κ1) is 21.9. The molecule has 1 aliphatic rings. The summed E-state index contributed by atoms with van der Waals surface area (Å²) in [6, 6.07) is 15.7. The zero-order chi connectivity index (χ0) is 23.5. The second kappa shape index (κ2) is 9.04. The van der Waals surface area contributed by atoms with E-state index in [0.717, 1.165) is 0 Å². The topological polar surface area (TPSA) is 98.2 Å². The third kappa shape index (κ3) is 3.76. The quantitative estimate of drug-likeness (QED) is 0.350. The van der Waals surface area contributed by atoms with Crippen molar-refractivity contribution < 1.29 is 28.9 Å². The average Bonchev–Trinajstić information content (AvgIpc) is 3.13. The summed E-state index contributed by atoms with van der Waals surface area (Å²) in [5.74, 6) is -0.332. The van der Waals surface area contributed by atoms with Crippen molar-refractivity contribution in [3.8, 4) is 17.2 Å². The van der Waals surface area contributed by atoms with E-state index in [1.165, 1.54) is 32.4 Å². The summed E-state index contributed by atoms with van der Waals surface area (Å²) in [4.78, 5) is 31.9. The fourth-order valence-electron chi connectivity index (χ4n) is 3.89. The average molecular weight is 446 g/mol. The summed E-state index contributed by atoms with van der Waals surface area (Å²) in [5.41, 5.74) is 0.751. The second-order valence-corrected chi connectivity index (χ2v) is 7.17. The number of aliphatic hydroxyl groups is 1. The van der Waals surface area contributed by atoms with Crippen molar-refractivity contribution in [3.63, 3.8) is 0 Å². The van der Waals surface area contributed by atoms with E-state index in [1.54, 1.807) is 60.7 Å². The Labute approximate surface area is 190 Å². The van der Waals surface area contributed by atoms with Crippen molar-refractivity contribution in [1.82, 2.24) is 4.98 Å². The predicted molar refractivity (Wildman–Crippen MR) is 122 cm³/mol. The molecule has 0 radical (unpaired) electrons. The Hall–Kier alpha value is -4.33. The number of pyridine rings is 1. The number of methoxy groups -OCH3 is 3. The molecule has 1 amide bonds. The second-order valence-electron chi connectivity index (χ2n) is 7.17. The molecule has 0 aliphatic carbocycles. The molecule has 0 saturated carbocycles. The van der Waals surface area contributed by atoms with Crippen LogP contribution in [0.15, 0.2) is 72.4 Å². The first-order valence-corrected chi connectivity index (χ1v) is 10.1. The summed E-state index contributed by atoms with van der Waals surface area (Å²) in [7, 11) is 4.49. The van der Waals surface area contributed by atoms with E-state index >= 15 is 0 Å². The summed E-state index contributed by atoms with van der Waals surface area (Å²) >= 11 is 0. The molecule has 1 aliphatic heterocycles. The zero-order valence-electron chi connectivity index (χ0n) is 18.3. The van der Waals surface area contributed by atoms with E-state index < -0.39 is 17.7 Å². The van der Waals surface area contributed by atoms with Crippen molar-refractivity contribution >= 4 is 23.3 Å². The van der Waals surface area contributed by atoms with E-state index in [2.05, 4.69) is 4.98 Å². The lowest BCUT2D eigenvalue weighted by atomic mass is 9.94. The molecule has 1 fully saturated rings. The summed E-state index contributed by atoms with van der Waals surface area (Å²) in [6.45, 7) is 0.